The van der Waals surface area contributed by atoms with E-state index in [1.165, 1.54) is 0 Å². The van der Waals surface area contributed by atoms with Crippen LogP contribution in [0.2, 0.25) is 0 Å². The van der Waals surface area contributed by atoms with Crippen molar-refractivity contribution in [3.63, 3.8) is 0 Å². The molecule has 96 valence electrons. The molecule has 0 radical (unpaired) electrons. The van der Waals surface area contributed by atoms with Gasteiger partial charge in [-0.25, -0.2) is 0 Å². The summed E-state index contributed by atoms with van der Waals surface area (Å²) in [5.41, 5.74) is 8.22. The number of anilines is 2. The molecule has 0 aliphatic rings. The van der Waals surface area contributed by atoms with Crippen LogP contribution in [-0.4, -0.2) is 11.5 Å². The number of pyridine rings is 1. The van der Waals surface area contributed by atoms with Crippen molar-refractivity contribution in [2.24, 2.45) is 5.41 Å². The second kappa shape index (κ2) is 4.84. The Morgan fingerprint density at radius 3 is 2.67 bits per heavy atom. The second-order valence-electron chi connectivity index (χ2n) is 5.86. The topological polar surface area (TPSA) is 50.9 Å². The fourth-order valence-electron chi connectivity index (χ4n) is 1.94. The Morgan fingerprint density at radius 1 is 1.17 bits per heavy atom. The van der Waals surface area contributed by atoms with Gasteiger partial charge >= 0.3 is 0 Å². The fraction of sp³-hybridized carbons (Fsp3) is 0.400. The minimum atomic E-state index is 0.342. The van der Waals surface area contributed by atoms with E-state index in [1.807, 2.05) is 24.4 Å². The molecule has 3 nitrogen and oxygen atoms in total. The summed E-state index contributed by atoms with van der Waals surface area (Å²) in [4.78, 5) is 4.18. The molecule has 1 heterocycles. The van der Waals surface area contributed by atoms with Crippen LogP contribution in [0.25, 0.3) is 10.8 Å². The molecule has 2 aromatic rings. The van der Waals surface area contributed by atoms with Crippen LogP contribution in [0, 0.1) is 5.41 Å². The molecule has 0 unspecified atom stereocenters. The van der Waals surface area contributed by atoms with E-state index in [1.54, 1.807) is 6.20 Å². The average molecular weight is 243 g/mol. The van der Waals surface area contributed by atoms with Gasteiger partial charge in [-0.15, -0.1) is 0 Å². The van der Waals surface area contributed by atoms with Gasteiger partial charge in [-0.2, -0.15) is 0 Å². The molecular formula is C15H21N3. The molecule has 1 aromatic heterocycles. The third-order valence-corrected chi connectivity index (χ3v) is 3.04. The molecule has 3 heteroatoms. The predicted octanol–water partition coefficient (Wildman–Crippen LogP) is 3.67. The third-order valence-electron chi connectivity index (χ3n) is 3.04. The van der Waals surface area contributed by atoms with Crippen molar-refractivity contribution in [1.82, 2.24) is 4.98 Å². The molecule has 1 aromatic carbocycles. The van der Waals surface area contributed by atoms with Crippen LogP contribution in [0.3, 0.4) is 0 Å². The van der Waals surface area contributed by atoms with Crippen molar-refractivity contribution < 1.29 is 0 Å². The van der Waals surface area contributed by atoms with Crippen LogP contribution < -0.4 is 11.1 Å². The first-order valence-electron chi connectivity index (χ1n) is 6.33. The predicted molar refractivity (Wildman–Crippen MR) is 78.7 cm³/mol. The maximum Gasteiger partial charge on any atom is 0.0437 e. The Morgan fingerprint density at radius 2 is 1.94 bits per heavy atom. The van der Waals surface area contributed by atoms with E-state index >= 15 is 0 Å². The van der Waals surface area contributed by atoms with E-state index in [2.05, 4.69) is 31.1 Å². The van der Waals surface area contributed by atoms with Gasteiger partial charge in [-0.3, -0.25) is 4.98 Å². The summed E-state index contributed by atoms with van der Waals surface area (Å²) in [6.07, 6.45) is 4.77. The number of nitrogen functional groups attached to an aromatic ring is 1. The highest BCUT2D eigenvalue weighted by Gasteiger charge is 2.10. The molecule has 0 saturated heterocycles. The van der Waals surface area contributed by atoms with E-state index in [0.29, 0.717) is 5.41 Å². The zero-order valence-corrected chi connectivity index (χ0v) is 11.3. The number of hydrogen-bond acceptors (Lipinski definition) is 3. The number of nitrogens with two attached hydrogens (primary N) is 1. The van der Waals surface area contributed by atoms with Crippen LogP contribution in [0.5, 0.6) is 0 Å². The van der Waals surface area contributed by atoms with Crippen LogP contribution in [0.15, 0.2) is 30.6 Å². The van der Waals surface area contributed by atoms with Gasteiger partial charge in [-0.1, -0.05) is 20.8 Å². The molecule has 0 fully saturated rings. The Hall–Kier alpha value is -1.77. The Balaban J connectivity index is 2.21. The smallest absolute Gasteiger partial charge is 0.0437 e. The van der Waals surface area contributed by atoms with Gasteiger partial charge in [0.25, 0.3) is 0 Å². The molecule has 0 amide bonds. The van der Waals surface area contributed by atoms with Crippen molar-refractivity contribution in [2.45, 2.75) is 27.2 Å². The number of nitrogens with one attached hydrogen (secondary N) is 1. The minimum Gasteiger partial charge on any atom is -0.398 e. The largest absolute Gasteiger partial charge is 0.398 e. The van der Waals surface area contributed by atoms with Crippen LogP contribution in [-0.2, 0) is 0 Å². The van der Waals surface area contributed by atoms with Gasteiger partial charge in [0.15, 0.2) is 0 Å². The third kappa shape index (κ3) is 2.92. The number of aromatic nitrogens is 1. The van der Waals surface area contributed by atoms with Crippen LogP contribution >= 0.6 is 0 Å². The minimum absolute atomic E-state index is 0.342. The van der Waals surface area contributed by atoms with E-state index in [0.717, 1.165) is 35.1 Å². The zero-order chi connectivity index (χ0) is 13.2. The summed E-state index contributed by atoms with van der Waals surface area (Å²) in [5, 5.41) is 5.63. The number of hydrogen-bond donors (Lipinski definition) is 2. The van der Waals surface area contributed by atoms with Gasteiger partial charge in [-0.05, 0) is 30.0 Å². The molecule has 0 aliphatic carbocycles. The van der Waals surface area contributed by atoms with Crippen molar-refractivity contribution in [2.75, 3.05) is 17.6 Å². The lowest BCUT2D eigenvalue weighted by Gasteiger charge is -2.19. The lowest BCUT2D eigenvalue weighted by molar-refractivity contribution is 0.390. The Kier molecular flexibility index (Phi) is 3.41. The van der Waals surface area contributed by atoms with Crippen molar-refractivity contribution in [3.05, 3.63) is 30.6 Å². The van der Waals surface area contributed by atoms with E-state index in [-0.39, 0.29) is 0 Å². The summed E-state index contributed by atoms with van der Waals surface area (Å²) in [6.45, 7) is 7.70. The van der Waals surface area contributed by atoms with Crippen molar-refractivity contribution in [1.29, 1.82) is 0 Å². The molecule has 0 bridgehead atoms. The number of nitrogens with zero attached hydrogens (tertiary/aromatic N) is 1. The molecule has 18 heavy (non-hydrogen) atoms. The summed E-state index contributed by atoms with van der Waals surface area (Å²) >= 11 is 0. The normalized spacial score (nSPS) is 11.7. The Labute approximate surface area is 108 Å². The highest BCUT2D eigenvalue weighted by atomic mass is 14.9. The molecular weight excluding hydrogens is 222 g/mol. The SMILES string of the molecule is CC(C)(C)CCNc1ccc(N)c2ccncc12. The van der Waals surface area contributed by atoms with E-state index in [4.69, 9.17) is 5.73 Å². The first-order chi connectivity index (χ1) is 8.47. The maximum atomic E-state index is 5.97. The molecule has 0 spiro atoms. The monoisotopic (exact) mass is 243 g/mol. The van der Waals surface area contributed by atoms with Crippen LogP contribution in [0.4, 0.5) is 11.4 Å². The lowest BCUT2D eigenvalue weighted by Crippen LogP contribution is -2.13. The fourth-order valence-corrected chi connectivity index (χ4v) is 1.94. The van der Waals surface area contributed by atoms with Gasteiger partial charge in [0.05, 0.1) is 0 Å². The molecule has 0 atom stereocenters. The molecule has 0 saturated carbocycles. The van der Waals surface area contributed by atoms with Crippen molar-refractivity contribution in [3.8, 4) is 0 Å². The lowest BCUT2D eigenvalue weighted by atomic mass is 9.92. The molecule has 3 N–H and O–H groups in total. The summed E-state index contributed by atoms with van der Waals surface area (Å²) in [6, 6.07) is 5.93. The number of benzene rings is 1. The van der Waals surface area contributed by atoms with Crippen molar-refractivity contribution >= 4 is 22.1 Å². The van der Waals surface area contributed by atoms with Crippen LogP contribution in [0.1, 0.15) is 27.2 Å². The summed E-state index contributed by atoms with van der Waals surface area (Å²) in [7, 11) is 0. The summed E-state index contributed by atoms with van der Waals surface area (Å²) < 4.78 is 0. The standard InChI is InChI=1S/C15H21N3/c1-15(2,3)7-9-18-14-5-4-13(16)11-6-8-17-10-12(11)14/h4-6,8,10,18H,7,9,16H2,1-3H3. The quantitative estimate of drug-likeness (QED) is 0.809. The van der Waals surface area contributed by atoms with Gasteiger partial charge in [0.1, 0.15) is 0 Å². The maximum absolute atomic E-state index is 5.97. The molecule has 2 rings (SSSR count). The first-order valence-corrected chi connectivity index (χ1v) is 6.33. The number of fused-ring (bicyclic) bond motifs is 1. The zero-order valence-electron chi connectivity index (χ0n) is 11.3. The Bertz CT molecular complexity index is 541. The first kappa shape index (κ1) is 12.7. The van der Waals surface area contributed by atoms with Gasteiger partial charge in [0, 0.05) is 41.1 Å². The second-order valence-corrected chi connectivity index (χ2v) is 5.86. The molecule has 0 aliphatic heterocycles. The highest BCUT2D eigenvalue weighted by molar-refractivity contribution is 6.00. The summed E-state index contributed by atoms with van der Waals surface area (Å²) in [5.74, 6) is 0. The average Bonchev–Trinajstić information content (AvgIpc) is 2.31. The highest BCUT2D eigenvalue weighted by Crippen LogP contribution is 2.28. The van der Waals surface area contributed by atoms with Gasteiger partial charge < -0.3 is 11.1 Å². The van der Waals surface area contributed by atoms with Gasteiger partial charge in [0.2, 0.25) is 0 Å². The number of rotatable bonds is 3. The van der Waals surface area contributed by atoms with E-state index in [9.17, 15) is 0 Å². The van der Waals surface area contributed by atoms with E-state index < -0.39 is 0 Å².